The summed E-state index contributed by atoms with van der Waals surface area (Å²) in [6, 6.07) is 0. The normalized spacial score (nSPS) is 29.2. The fourth-order valence-corrected chi connectivity index (χ4v) is 1.47. The number of halogens is 1. The van der Waals surface area contributed by atoms with Crippen LogP contribution in [-0.4, -0.2) is 31.2 Å². The number of hydrogen-bond acceptors (Lipinski definition) is 3. The van der Waals surface area contributed by atoms with Gasteiger partial charge in [0.15, 0.2) is 0 Å². The van der Waals surface area contributed by atoms with E-state index in [2.05, 4.69) is 4.74 Å². The van der Waals surface area contributed by atoms with Gasteiger partial charge in [0, 0.05) is 5.88 Å². The molecule has 0 bridgehead atoms. The van der Waals surface area contributed by atoms with Crippen LogP contribution in [0.3, 0.4) is 0 Å². The number of ether oxygens (including phenoxy) is 2. The Hall–Kier alpha value is -0.280. The summed E-state index contributed by atoms with van der Waals surface area (Å²) < 4.78 is 10.1. The molecule has 0 aliphatic heterocycles. The number of carbonyl (C=O) groups is 1. The predicted molar refractivity (Wildman–Crippen MR) is 49.8 cm³/mol. The lowest BCUT2D eigenvalue weighted by Gasteiger charge is -2.34. The summed E-state index contributed by atoms with van der Waals surface area (Å²) in [4.78, 5) is 11.0. The van der Waals surface area contributed by atoms with Gasteiger partial charge in [-0.1, -0.05) is 0 Å². The Balaban J connectivity index is 2.15. The van der Waals surface area contributed by atoms with Crippen LogP contribution in [0.25, 0.3) is 0 Å². The summed E-state index contributed by atoms with van der Waals surface area (Å²) in [5, 5.41) is 0. The van der Waals surface area contributed by atoms with Crippen LogP contribution >= 0.6 is 11.6 Å². The van der Waals surface area contributed by atoms with Crippen molar-refractivity contribution < 1.29 is 14.3 Å². The molecule has 0 aromatic rings. The molecule has 1 saturated carbocycles. The van der Waals surface area contributed by atoms with Gasteiger partial charge in [-0.2, -0.15) is 0 Å². The third-order valence-electron chi connectivity index (χ3n) is 2.27. The fourth-order valence-electron chi connectivity index (χ4n) is 1.40. The Bertz CT molecular complexity index is 178. The number of esters is 1. The third-order valence-corrected chi connectivity index (χ3v) is 2.71. The molecule has 1 aliphatic rings. The number of rotatable bonds is 4. The summed E-state index contributed by atoms with van der Waals surface area (Å²) in [7, 11) is 1.41. The largest absolute Gasteiger partial charge is 0.469 e. The molecule has 0 heterocycles. The highest BCUT2D eigenvalue weighted by Crippen LogP contribution is 2.31. The average Bonchev–Trinajstić information content (AvgIpc) is 2.08. The Morgan fingerprint density at radius 1 is 1.62 bits per heavy atom. The fraction of sp³-hybridized carbons (Fsp3) is 0.889. The van der Waals surface area contributed by atoms with Crippen LogP contribution in [-0.2, 0) is 14.3 Å². The Labute approximate surface area is 83.3 Å². The zero-order valence-corrected chi connectivity index (χ0v) is 8.71. The lowest BCUT2D eigenvalue weighted by atomic mass is 9.82. The lowest BCUT2D eigenvalue weighted by Crippen LogP contribution is -2.39. The first-order valence-electron chi connectivity index (χ1n) is 4.46. The van der Waals surface area contributed by atoms with Gasteiger partial charge < -0.3 is 9.47 Å². The van der Waals surface area contributed by atoms with E-state index in [0.29, 0.717) is 5.88 Å². The van der Waals surface area contributed by atoms with E-state index < -0.39 is 0 Å². The Kier molecular flexibility index (Phi) is 4.00. The van der Waals surface area contributed by atoms with E-state index in [4.69, 9.17) is 16.3 Å². The van der Waals surface area contributed by atoms with Crippen molar-refractivity contribution in [1.29, 1.82) is 0 Å². The molecule has 0 spiro atoms. The van der Waals surface area contributed by atoms with Crippen molar-refractivity contribution in [3.8, 4) is 0 Å². The molecule has 1 rings (SSSR count). The van der Waals surface area contributed by atoms with E-state index in [0.717, 1.165) is 12.8 Å². The molecule has 76 valence electrons. The molecule has 1 fully saturated rings. The van der Waals surface area contributed by atoms with Gasteiger partial charge in [0.2, 0.25) is 0 Å². The van der Waals surface area contributed by atoms with Crippen molar-refractivity contribution in [2.24, 2.45) is 5.92 Å². The second-order valence-corrected chi connectivity index (χ2v) is 3.72. The van der Waals surface area contributed by atoms with Gasteiger partial charge >= 0.3 is 5.97 Å². The molecule has 1 atom stereocenters. The van der Waals surface area contributed by atoms with E-state index >= 15 is 0 Å². The molecule has 13 heavy (non-hydrogen) atoms. The van der Waals surface area contributed by atoms with E-state index in [1.807, 2.05) is 6.92 Å². The molecule has 0 amide bonds. The van der Waals surface area contributed by atoms with E-state index in [1.165, 1.54) is 7.11 Å². The molecule has 0 saturated heterocycles. The van der Waals surface area contributed by atoms with Crippen molar-refractivity contribution in [2.75, 3.05) is 13.0 Å². The Morgan fingerprint density at radius 3 is 2.69 bits per heavy atom. The first kappa shape index (κ1) is 10.8. The van der Waals surface area contributed by atoms with E-state index in [-0.39, 0.29) is 24.1 Å². The van der Waals surface area contributed by atoms with Crippen LogP contribution in [0.15, 0.2) is 0 Å². The summed E-state index contributed by atoms with van der Waals surface area (Å²) in [6.07, 6.45) is 1.81. The molecule has 1 aliphatic carbocycles. The smallest absolute Gasteiger partial charge is 0.308 e. The number of hydrogen-bond donors (Lipinski definition) is 0. The zero-order chi connectivity index (χ0) is 9.84. The molecule has 4 heteroatoms. The predicted octanol–water partition coefficient (Wildman–Crippen LogP) is 1.58. The topological polar surface area (TPSA) is 35.5 Å². The minimum Gasteiger partial charge on any atom is -0.469 e. The standard InChI is InChI=1S/C9H15ClO3/c1-6(5-10)13-8-3-7(4-8)9(11)12-2/h6-8H,3-5H2,1-2H3. The molecule has 1 unspecified atom stereocenters. The first-order valence-corrected chi connectivity index (χ1v) is 5.00. The lowest BCUT2D eigenvalue weighted by molar-refractivity contribution is -0.156. The Morgan fingerprint density at radius 2 is 2.23 bits per heavy atom. The number of carbonyl (C=O) groups excluding carboxylic acids is 1. The van der Waals surface area contributed by atoms with Gasteiger partial charge in [0.25, 0.3) is 0 Å². The van der Waals surface area contributed by atoms with Gasteiger partial charge in [-0.25, -0.2) is 0 Å². The highest BCUT2D eigenvalue weighted by molar-refractivity contribution is 6.18. The van der Waals surface area contributed by atoms with Gasteiger partial charge in [-0.3, -0.25) is 4.79 Å². The van der Waals surface area contributed by atoms with Crippen LogP contribution in [0.2, 0.25) is 0 Å². The zero-order valence-electron chi connectivity index (χ0n) is 7.96. The van der Waals surface area contributed by atoms with Crippen molar-refractivity contribution in [2.45, 2.75) is 32.0 Å². The molecule has 0 radical (unpaired) electrons. The minimum atomic E-state index is -0.127. The molecule has 3 nitrogen and oxygen atoms in total. The van der Waals surface area contributed by atoms with Gasteiger partial charge in [0.05, 0.1) is 25.2 Å². The monoisotopic (exact) mass is 206 g/mol. The molecule has 0 aromatic carbocycles. The van der Waals surface area contributed by atoms with Crippen LogP contribution in [0.1, 0.15) is 19.8 Å². The molecule has 0 aromatic heterocycles. The third kappa shape index (κ3) is 2.85. The maximum Gasteiger partial charge on any atom is 0.308 e. The van der Waals surface area contributed by atoms with E-state index in [9.17, 15) is 4.79 Å². The van der Waals surface area contributed by atoms with Crippen LogP contribution in [0, 0.1) is 5.92 Å². The maximum atomic E-state index is 11.0. The number of alkyl halides is 1. The average molecular weight is 207 g/mol. The van der Waals surface area contributed by atoms with Crippen LogP contribution < -0.4 is 0 Å². The van der Waals surface area contributed by atoms with Gasteiger partial charge in [0.1, 0.15) is 0 Å². The van der Waals surface area contributed by atoms with Crippen molar-refractivity contribution >= 4 is 17.6 Å². The van der Waals surface area contributed by atoms with Crippen molar-refractivity contribution in [1.82, 2.24) is 0 Å². The summed E-state index contributed by atoms with van der Waals surface area (Å²) in [5.41, 5.74) is 0. The molecule has 0 N–H and O–H groups in total. The second-order valence-electron chi connectivity index (χ2n) is 3.41. The SMILES string of the molecule is COC(=O)C1CC(OC(C)CCl)C1. The highest BCUT2D eigenvalue weighted by atomic mass is 35.5. The summed E-state index contributed by atoms with van der Waals surface area (Å²) >= 11 is 5.59. The minimum absolute atomic E-state index is 0.0394. The second kappa shape index (κ2) is 4.82. The van der Waals surface area contributed by atoms with Crippen LogP contribution in [0.4, 0.5) is 0 Å². The van der Waals surface area contributed by atoms with Crippen molar-refractivity contribution in [3.05, 3.63) is 0 Å². The number of methoxy groups -OCH3 is 1. The summed E-state index contributed by atoms with van der Waals surface area (Å²) in [6.45, 7) is 1.93. The van der Waals surface area contributed by atoms with Gasteiger partial charge in [-0.05, 0) is 19.8 Å². The molecular formula is C9H15ClO3. The molecular weight excluding hydrogens is 192 g/mol. The summed E-state index contributed by atoms with van der Waals surface area (Å²) in [5.74, 6) is 0.412. The van der Waals surface area contributed by atoms with Gasteiger partial charge in [-0.15, -0.1) is 11.6 Å². The highest BCUT2D eigenvalue weighted by Gasteiger charge is 2.36. The first-order chi connectivity index (χ1) is 6.17. The van der Waals surface area contributed by atoms with Crippen LogP contribution in [0.5, 0.6) is 0 Å². The quantitative estimate of drug-likeness (QED) is 0.518. The van der Waals surface area contributed by atoms with Crippen molar-refractivity contribution in [3.63, 3.8) is 0 Å². The maximum absolute atomic E-state index is 11.0. The van der Waals surface area contributed by atoms with E-state index in [1.54, 1.807) is 0 Å².